The van der Waals surface area contributed by atoms with Gasteiger partial charge in [-0.05, 0) is 30.7 Å². The maximum atomic E-state index is 13.4. The fourth-order valence-corrected chi connectivity index (χ4v) is 2.20. The number of esters is 2. The number of carbonyl (C=O) groups excluding carboxylic acids is 2. The summed E-state index contributed by atoms with van der Waals surface area (Å²) in [7, 11) is 0. The van der Waals surface area contributed by atoms with Gasteiger partial charge in [-0.25, -0.2) is 8.78 Å². The average molecular weight is 407 g/mol. The van der Waals surface area contributed by atoms with Gasteiger partial charge in [0.15, 0.2) is 23.1 Å². The molecule has 0 heterocycles. The molecule has 0 aromatic heterocycles. The van der Waals surface area contributed by atoms with Gasteiger partial charge in [0.05, 0.1) is 5.02 Å². The van der Waals surface area contributed by atoms with Crippen LogP contribution in [0.15, 0.2) is 30.3 Å². The van der Waals surface area contributed by atoms with Gasteiger partial charge in [-0.1, -0.05) is 29.3 Å². The largest absolute Gasteiger partial charge is 0.425 e. The summed E-state index contributed by atoms with van der Waals surface area (Å²) in [5, 5.41) is 0.296. The summed E-state index contributed by atoms with van der Waals surface area (Å²) in [4.78, 5) is 23.3. The SMILES string of the molecule is O=C(CCCC(=O)Oc1cccc(Cl)c1Cl)Oc1ccc(F)c(F)c1F. The summed E-state index contributed by atoms with van der Waals surface area (Å²) in [6.45, 7) is 0. The number of ether oxygens (including phenoxy) is 2. The zero-order chi connectivity index (χ0) is 19.3. The fourth-order valence-electron chi connectivity index (χ4n) is 1.87. The summed E-state index contributed by atoms with van der Waals surface area (Å²) in [6, 6.07) is 5.94. The molecule has 0 saturated carbocycles. The number of hydrogen-bond acceptors (Lipinski definition) is 4. The van der Waals surface area contributed by atoms with Crippen molar-refractivity contribution in [3.63, 3.8) is 0 Å². The van der Waals surface area contributed by atoms with Crippen LogP contribution >= 0.6 is 23.2 Å². The minimum absolute atomic E-state index is 0.0289. The van der Waals surface area contributed by atoms with E-state index in [0.717, 1.165) is 6.07 Å². The highest BCUT2D eigenvalue weighted by molar-refractivity contribution is 6.43. The normalized spacial score (nSPS) is 10.5. The Kier molecular flexibility index (Phi) is 6.88. The van der Waals surface area contributed by atoms with Crippen LogP contribution in [0, 0.1) is 17.5 Å². The first-order valence-corrected chi connectivity index (χ1v) is 8.04. The Labute approximate surface area is 156 Å². The van der Waals surface area contributed by atoms with Crippen LogP contribution in [0.25, 0.3) is 0 Å². The Balaban J connectivity index is 1.82. The van der Waals surface area contributed by atoms with Crippen LogP contribution in [-0.4, -0.2) is 11.9 Å². The molecular formula is C17H11Cl2F3O4. The molecule has 138 valence electrons. The van der Waals surface area contributed by atoms with E-state index in [0.29, 0.717) is 6.07 Å². The molecule has 2 rings (SSSR count). The van der Waals surface area contributed by atoms with E-state index in [9.17, 15) is 22.8 Å². The zero-order valence-electron chi connectivity index (χ0n) is 13.0. The van der Waals surface area contributed by atoms with Crippen molar-refractivity contribution in [3.8, 4) is 11.5 Å². The van der Waals surface area contributed by atoms with Crippen molar-refractivity contribution < 1.29 is 32.2 Å². The molecule has 0 saturated heterocycles. The topological polar surface area (TPSA) is 52.6 Å². The molecule has 4 nitrogen and oxygen atoms in total. The van der Waals surface area contributed by atoms with E-state index in [1.54, 1.807) is 6.07 Å². The Morgan fingerprint density at radius 2 is 1.46 bits per heavy atom. The van der Waals surface area contributed by atoms with Gasteiger partial charge in [-0.2, -0.15) is 4.39 Å². The van der Waals surface area contributed by atoms with E-state index >= 15 is 0 Å². The first kappa shape index (κ1) is 20.1. The number of halogens is 5. The molecule has 9 heteroatoms. The summed E-state index contributed by atoms with van der Waals surface area (Å²) < 4.78 is 48.9. The van der Waals surface area contributed by atoms with E-state index in [-0.39, 0.29) is 35.1 Å². The lowest BCUT2D eigenvalue weighted by atomic mass is 10.2. The van der Waals surface area contributed by atoms with Crippen molar-refractivity contribution in [3.05, 3.63) is 57.8 Å². The first-order valence-electron chi connectivity index (χ1n) is 7.28. The van der Waals surface area contributed by atoms with Gasteiger partial charge in [0.1, 0.15) is 5.02 Å². The number of rotatable bonds is 6. The number of hydrogen-bond donors (Lipinski definition) is 0. The predicted molar refractivity (Wildman–Crippen MR) is 87.9 cm³/mol. The first-order chi connectivity index (χ1) is 12.3. The zero-order valence-corrected chi connectivity index (χ0v) is 14.5. The van der Waals surface area contributed by atoms with Crippen LogP contribution in [0.3, 0.4) is 0 Å². The van der Waals surface area contributed by atoms with E-state index in [1.165, 1.54) is 12.1 Å². The van der Waals surface area contributed by atoms with Crippen molar-refractivity contribution in [1.29, 1.82) is 0 Å². The molecule has 2 aromatic carbocycles. The quantitative estimate of drug-likeness (QED) is 0.380. The lowest BCUT2D eigenvalue weighted by Crippen LogP contribution is -2.12. The van der Waals surface area contributed by atoms with Gasteiger partial charge in [0, 0.05) is 12.8 Å². The Morgan fingerprint density at radius 3 is 2.12 bits per heavy atom. The van der Waals surface area contributed by atoms with Gasteiger partial charge in [0.2, 0.25) is 5.82 Å². The van der Waals surface area contributed by atoms with Crippen molar-refractivity contribution in [1.82, 2.24) is 0 Å². The number of benzene rings is 2. The van der Waals surface area contributed by atoms with Crippen LogP contribution < -0.4 is 9.47 Å². The third-order valence-corrected chi connectivity index (χ3v) is 3.93. The highest BCUT2D eigenvalue weighted by atomic mass is 35.5. The minimum atomic E-state index is -1.74. The summed E-state index contributed by atoms with van der Waals surface area (Å²) >= 11 is 11.7. The molecule has 0 bridgehead atoms. The molecule has 0 fully saturated rings. The van der Waals surface area contributed by atoms with Gasteiger partial charge in [-0.3, -0.25) is 9.59 Å². The fraction of sp³-hybridized carbons (Fsp3) is 0.176. The van der Waals surface area contributed by atoms with E-state index in [4.69, 9.17) is 27.9 Å². The maximum absolute atomic E-state index is 13.4. The molecular weight excluding hydrogens is 396 g/mol. The number of carbonyl (C=O) groups is 2. The van der Waals surface area contributed by atoms with Gasteiger partial charge >= 0.3 is 11.9 Å². The second-order valence-electron chi connectivity index (χ2n) is 5.03. The van der Waals surface area contributed by atoms with Crippen molar-refractivity contribution in [2.45, 2.75) is 19.3 Å². The van der Waals surface area contributed by atoms with Crippen molar-refractivity contribution in [2.75, 3.05) is 0 Å². The standard InChI is InChI=1S/C17H11Cl2F3O4/c18-9-3-1-4-11(15(9)19)25-13(23)5-2-6-14(24)26-12-8-7-10(20)16(21)17(12)22/h1,3-4,7-8H,2,5-6H2. The molecule has 0 radical (unpaired) electrons. The molecule has 0 amide bonds. The molecule has 0 atom stereocenters. The minimum Gasteiger partial charge on any atom is -0.425 e. The molecule has 0 aliphatic carbocycles. The summed E-state index contributed by atoms with van der Waals surface area (Å²) in [6.07, 6.45) is -0.393. The summed E-state index contributed by atoms with van der Waals surface area (Å²) in [5.74, 6) is -6.97. The van der Waals surface area contributed by atoms with E-state index < -0.39 is 35.1 Å². The van der Waals surface area contributed by atoms with E-state index in [2.05, 4.69) is 4.74 Å². The van der Waals surface area contributed by atoms with Crippen LogP contribution in [-0.2, 0) is 9.59 Å². The molecule has 0 N–H and O–H groups in total. The van der Waals surface area contributed by atoms with Crippen molar-refractivity contribution in [2.24, 2.45) is 0 Å². The molecule has 0 aliphatic rings. The summed E-state index contributed by atoms with van der Waals surface area (Å²) in [5.41, 5.74) is 0. The molecule has 2 aromatic rings. The Hall–Kier alpha value is -2.25. The molecule has 0 aliphatic heterocycles. The van der Waals surface area contributed by atoms with Crippen LogP contribution in [0.2, 0.25) is 10.0 Å². The van der Waals surface area contributed by atoms with Crippen LogP contribution in [0.5, 0.6) is 11.5 Å². The van der Waals surface area contributed by atoms with Crippen molar-refractivity contribution >= 4 is 35.1 Å². The third-order valence-electron chi connectivity index (χ3n) is 3.13. The van der Waals surface area contributed by atoms with Crippen LogP contribution in [0.1, 0.15) is 19.3 Å². The highest BCUT2D eigenvalue weighted by Crippen LogP contribution is 2.31. The lowest BCUT2D eigenvalue weighted by molar-refractivity contribution is -0.136. The second kappa shape index (κ2) is 8.91. The van der Waals surface area contributed by atoms with E-state index in [1.807, 2.05) is 0 Å². The third kappa shape index (κ3) is 5.12. The van der Waals surface area contributed by atoms with Gasteiger partial charge in [0.25, 0.3) is 0 Å². The van der Waals surface area contributed by atoms with Gasteiger partial charge in [-0.15, -0.1) is 0 Å². The smallest absolute Gasteiger partial charge is 0.311 e. The van der Waals surface area contributed by atoms with Crippen LogP contribution in [0.4, 0.5) is 13.2 Å². The van der Waals surface area contributed by atoms with Gasteiger partial charge < -0.3 is 9.47 Å². The Morgan fingerprint density at radius 1 is 0.846 bits per heavy atom. The molecule has 0 spiro atoms. The second-order valence-corrected chi connectivity index (χ2v) is 5.81. The lowest BCUT2D eigenvalue weighted by Gasteiger charge is -2.08. The molecule has 0 unspecified atom stereocenters. The molecule has 26 heavy (non-hydrogen) atoms. The Bertz CT molecular complexity index is 843. The average Bonchev–Trinajstić information content (AvgIpc) is 2.59. The predicted octanol–water partition coefficient (Wildman–Crippen LogP) is 5.09. The maximum Gasteiger partial charge on any atom is 0.311 e. The monoisotopic (exact) mass is 406 g/mol. The highest BCUT2D eigenvalue weighted by Gasteiger charge is 2.17.